The van der Waals surface area contributed by atoms with Crippen LogP contribution < -0.4 is 9.80 Å². The Bertz CT molecular complexity index is 383. The minimum Gasteiger partial charge on any atom is -0.394 e. The van der Waals surface area contributed by atoms with Crippen molar-refractivity contribution < 1.29 is 5.11 Å². The fourth-order valence-corrected chi connectivity index (χ4v) is 2.38. The number of aromatic nitrogens is 2. The van der Waals surface area contributed by atoms with Crippen LogP contribution in [0.25, 0.3) is 0 Å². The summed E-state index contributed by atoms with van der Waals surface area (Å²) in [6.07, 6.45) is 6.42. The molecule has 0 aromatic carbocycles. The second-order valence-corrected chi connectivity index (χ2v) is 4.99. The van der Waals surface area contributed by atoms with Gasteiger partial charge in [-0.25, -0.2) is 4.98 Å². The van der Waals surface area contributed by atoms with Crippen LogP contribution in [0.2, 0.25) is 0 Å². The highest BCUT2D eigenvalue weighted by molar-refractivity contribution is 5.44. The van der Waals surface area contributed by atoms with E-state index in [0.717, 1.165) is 25.2 Å². The first-order valence-corrected chi connectivity index (χ1v) is 6.60. The van der Waals surface area contributed by atoms with Gasteiger partial charge in [0.1, 0.15) is 5.82 Å². The van der Waals surface area contributed by atoms with Crippen LogP contribution in [0.1, 0.15) is 25.7 Å². The number of hydrogen-bond acceptors (Lipinski definition) is 5. The van der Waals surface area contributed by atoms with Gasteiger partial charge in [-0.2, -0.15) is 4.98 Å². The molecule has 0 aliphatic carbocycles. The summed E-state index contributed by atoms with van der Waals surface area (Å²) < 4.78 is 0. The molecule has 1 N–H and O–H groups in total. The maximum absolute atomic E-state index is 9.53. The van der Waals surface area contributed by atoms with Gasteiger partial charge in [-0.3, -0.25) is 0 Å². The molecule has 5 nitrogen and oxygen atoms in total. The molecule has 1 fully saturated rings. The van der Waals surface area contributed by atoms with Gasteiger partial charge in [-0.15, -0.1) is 0 Å². The molecule has 1 saturated heterocycles. The lowest BCUT2D eigenvalue weighted by atomic mass is 10.1. The van der Waals surface area contributed by atoms with Crippen molar-refractivity contribution >= 4 is 11.8 Å². The van der Waals surface area contributed by atoms with Crippen molar-refractivity contribution in [3.8, 4) is 0 Å². The van der Waals surface area contributed by atoms with Crippen LogP contribution in [-0.4, -0.2) is 48.4 Å². The van der Waals surface area contributed by atoms with Gasteiger partial charge in [-0.1, -0.05) is 12.8 Å². The molecule has 1 unspecified atom stereocenters. The normalized spacial score (nSPS) is 20.6. The molecule has 1 aliphatic rings. The standard InChI is InChI=1S/C13H22N4O/c1-16(2)13-14-8-7-12(15-13)17-9-5-3-4-6-11(17)10-18/h7-8,11,18H,3-6,9-10H2,1-2H3. The lowest BCUT2D eigenvalue weighted by molar-refractivity contribution is 0.254. The highest BCUT2D eigenvalue weighted by Crippen LogP contribution is 2.23. The molecule has 5 heteroatoms. The SMILES string of the molecule is CN(C)c1nccc(N2CCCCCC2CO)n1. The topological polar surface area (TPSA) is 52.5 Å². The third kappa shape index (κ3) is 2.90. The van der Waals surface area contributed by atoms with Crippen LogP contribution in [-0.2, 0) is 0 Å². The van der Waals surface area contributed by atoms with Gasteiger partial charge in [0.2, 0.25) is 5.95 Å². The van der Waals surface area contributed by atoms with Crippen molar-refractivity contribution in [3.05, 3.63) is 12.3 Å². The van der Waals surface area contributed by atoms with Crippen LogP contribution in [0.4, 0.5) is 11.8 Å². The van der Waals surface area contributed by atoms with Crippen molar-refractivity contribution in [1.82, 2.24) is 9.97 Å². The van der Waals surface area contributed by atoms with Crippen molar-refractivity contribution in [2.75, 3.05) is 37.0 Å². The summed E-state index contributed by atoms with van der Waals surface area (Å²) in [4.78, 5) is 12.9. The number of nitrogens with zero attached hydrogens (tertiary/aromatic N) is 4. The summed E-state index contributed by atoms with van der Waals surface area (Å²) in [5, 5.41) is 9.53. The lowest BCUT2D eigenvalue weighted by Crippen LogP contribution is -2.38. The summed E-state index contributed by atoms with van der Waals surface area (Å²) >= 11 is 0. The van der Waals surface area contributed by atoms with E-state index in [4.69, 9.17) is 0 Å². The largest absolute Gasteiger partial charge is 0.394 e. The Labute approximate surface area is 108 Å². The van der Waals surface area contributed by atoms with Gasteiger partial charge in [-0.05, 0) is 18.9 Å². The summed E-state index contributed by atoms with van der Waals surface area (Å²) in [6, 6.07) is 2.12. The van der Waals surface area contributed by atoms with Crippen molar-refractivity contribution in [2.45, 2.75) is 31.7 Å². The number of aliphatic hydroxyl groups excluding tert-OH is 1. The molecular weight excluding hydrogens is 228 g/mol. The van der Waals surface area contributed by atoms with Crippen LogP contribution in [0.15, 0.2) is 12.3 Å². The zero-order chi connectivity index (χ0) is 13.0. The molecule has 1 aromatic rings. The molecule has 0 radical (unpaired) electrons. The van der Waals surface area contributed by atoms with Crippen LogP contribution in [0.3, 0.4) is 0 Å². The van der Waals surface area contributed by atoms with Gasteiger partial charge in [0.25, 0.3) is 0 Å². The minimum absolute atomic E-state index is 0.192. The molecule has 1 aliphatic heterocycles. The Kier molecular flexibility index (Phi) is 4.36. The van der Waals surface area contributed by atoms with Gasteiger partial charge in [0.05, 0.1) is 12.6 Å². The molecule has 0 amide bonds. The van der Waals surface area contributed by atoms with Gasteiger partial charge < -0.3 is 14.9 Å². The Morgan fingerprint density at radius 1 is 1.39 bits per heavy atom. The van der Waals surface area contributed by atoms with Crippen LogP contribution in [0, 0.1) is 0 Å². The Balaban J connectivity index is 2.24. The first-order chi connectivity index (χ1) is 8.72. The minimum atomic E-state index is 0.192. The molecule has 100 valence electrons. The quantitative estimate of drug-likeness (QED) is 0.876. The predicted octanol–water partition coefficient (Wildman–Crippen LogP) is 1.28. The lowest BCUT2D eigenvalue weighted by Gasteiger charge is -2.30. The van der Waals surface area contributed by atoms with E-state index in [1.165, 1.54) is 12.8 Å². The molecule has 1 atom stereocenters. The second-order valence-electron chi connectivity index (χ2n) is 4.99. The summed E-state index contributed by atoms with van der Waals surface area (Å²) in [5.74, 6) is 1.64. The number of rotatable bonds is 3. The zero-order valence-corrected chi connectivity index (χ0v) is 11.2. The van der Waals surface area contributed by atoms with E-state index < -0.39 is 0 Å². The maximum Gasteiger partial charge on any atom is 0.226 e. The average molecular weight is 250 g/mol. The second kappa shape index (κ2) is 6.00. The number of aliphatic hydroxyl groups is 1. The maximum atomic E-state index is 9.53. The molecule has 0 saturated carbocycles. The summed E-state index contributed by atoms with van der Waals surface area (Å²) in [7, 11) is 3.87. The van der Waals surface area contributed by atoms with E-state index in [1.807, 2.05) is 25.1 Å². The monoisotopic (exact) mass is 250 g/mol. The Morgan fingerprint density at radius 3 is 2.94 bits per heavy atom. The third-order valence-electron chi connectivity index (χ3n) is 3.41. The fraction of sp³-hybridized carbons (Fsp3) is 0.692. The van der Waals surface area contributed by atoms with Gasteiger partial charge in [0.15, 0.2) is 0 Å². The molecule has 2 heterocycles. The van der Waals surface area contributed by atoms with E-state index in [2.05, 4.69) is 14.9 Å². The molecule has 0 bridgehead atoms. The van der Waals surface area contributed by atoms with E-state index >= 15 is 0 Å². The summed E-state index contributed by atoms with van der Waals surface area (Å²) in [6.45, 7) is 1.16. The van der Waals surface area contributed by atoms with E-state index in [1.54, 1.807) is 6.20 Å². The Hall–Kier alpha value is -1.36. The highest BCUT2D eigenvalue weighted by Gasteiger charge is 2.21. The highest BCUT2D eigenvalue weighted by atomic mass is 16.3. The smallest absolute Gasteiger partial charge is 0.226 e. The molecule has 2 rings (SSSR count). The molecule has 1 aromatic heterocycles. The van der Waals surface area contributed by atoms with Crippen molar-refractivity contribution in [3.63, 3.8) is 0 Å². The average Bonchev–Trinajstić information content (AvgIpc) is 2.63. The molecule has 18 heavy (non-hydrogen) atoms. The van der Waals surface area contributed by atoms with Crippen LogP contribution >= 0.6 is 0 Å². The van der Waals surface area contributed by atoms with Crippen molar-refractivity contribution in [1.29, 1.82) is 0 Å². The third-order valence-corrected chi connectivity index (χ3v) is 3.41. The van der Waals surface area contributed by atoms with E-state index in [9.17, 15) is 5.11 Å². The molecule has 0 spiro atoms. The van der Waals surface area contributed by atoms with Gasteiger partial charge in [0, 0.05) is 26.8 Å². The Morgan fingerprint density at radius 2 is 2.22 bits per heavy atom. The van der Waals surface area contributed by atoms with E-state index in [-0.39, 0.29) is 12.6 Å². The summed E-state index contributed by atoms with van der Waals surface area (Å²) in [5.41, 5.74) is 0. The predicted molar refractivity (Wildman–Crippen MR) is 73.0 cm³/mol. The first-order valence-electron chi connectivity index (χ1n) is 6.60. The van der Waals surface area contributed by atoms with Crippen LogP contribution in [0.5, 0.6) is 0 Å². The number of hydrogen-bond donors (Lipinski definition) is 1. The van der Waals surface area contributed by atoms with Gasteiger partial charge >= 0.3 is 0 Å². The number of anilines is 2. The first kappa shape index (κ1) is 13.1. The van der Waals surface area contributed by atoms with Crippen molar-refractivity contribution in [2.24, 2.45) is 0 Å². The fourth-order valence-electron chi connectivity index (χ4n) is 2.38. The zero-order valence-electron chi connectivity index (χ0n) is 11.2. The molecular formula is C13H22N4O. The van der Waals surface area contributed by atoms with E-state index in [0.29, 0.717) is 5.95 Å².